The number of pyridine rings is 1. The number of halogens is 2. The SMILES string of the molecule is CCCNC(Cc1cc(F)ccc1F)c1ccncc1C. The van der Waals surface area contributed by atoms with Gasteiger partial charge in [-0.05, 0) is 67.3 Å². The summed E-state index contributed by atoms with van der Waals surface area (Å²) in [4.78, 5) is 4.08. The molecule has 2 nitrogen and oxygen atoms in total. The van der Waals surface area contributed by atoms with Gasteiger partial charge in [0.25, 0.3) is 0 Å². The molecular formula is C17H20F2N2. The van der Waals surface area contributed by atoms with Gasteiger partial charge in [-0.1, -0.05) is 6.92 Å². The summed E-state index contributed by atoms with van der Waals surface area (Å²) in [6.07, 6.45) is 4.91. The Hall–Kier alpha value is -1.81. The molecular weight excluding hydrogens is 270 g/mol. The van der Waals surface area contributed by atoms with Crippen molar-refractivity contribution in [1.29, 1.82) is 0 Å². The Kier molecular flexibility index (Phi) is 5.39. The Morgan fingerprint density at radius 1 is 1.24 bits per heavy atom. The van der Waals surface area contributed by atoms with Gasteiger partial charge in [0.1, 0.15) is 11.6 Å². The van der Waals surface area contributed by atoms with Crippen LogP contribution in [0.4, 0.5) is 8.78 Å². The maximum absolute atomic E-state index is 13.9. The third-order valence-electron chi connectivity index (χ3n) is 3.51. The number of rotatable bonds is 6. The van der Waals surface area contributed by atoms with Crippen molar-refractivity contribution in [2.24, 2.45) is 0 Å². The standard InChI is InChI=1S/C17H20F2N2/c1-3-7-21-17(15-6-8-20-11-12(15)2)10-13-9-14(18)4-5-16(13)19/h4-6,8-9,11,17,21H,3,7,10H2,1-2H3. The number of nitrogens with one attached hydrogen (secondary N) is 1. The quantitative estimate of drug-likeness (QED) is 0.871. The van der Waals surface area contributed by atoms with E-state index in [1.807, 2.05) is 13.0 Å². The first kappa shape index (κ1) is 15.6. The lowest BCUT2D eigenvalue weighted by atomic mass is 9.96. The number of aromatic nitrogens is 1. The van der Waals surface area contributed by atoms with Gasteiger partial charge in [0.05, 0.1) is 0 Å². The van der Waals surface area contributed by atoms with E-state index in [1.54, 1.807) is 12.4 Å². The summed E-state index contributed by atoms with van der Waals surface area (Å²) in [6, 6.07) is 5.47. The topological polar surface area (TPSA) is 24.9 Å². The third kappa shape index (κ3) is 4.08. The highest BCUT2D eigenvalue weighted by atomic mass is 19.1. The van der Waals surface area contributed by atoms with Gasteiger partial charge in [-0.15, -0.1) is 0 Å². The predicted octanol–water partition coefficient (Wildman–Crippen LogP) is 3.95. The van der Waals surface area contributed by atoms with Crippen LogP contribution in [-0.2, 0) is 6.42 Å². The van der Waals surface area contributed by atoms with E-state index < -0.39 is 5.82 Å². The number of nitrogens with zero attached hydrogens (tertiary/aromatic N) is 1. The average Bonchev–Trinajstić information content (AvgIpc) is 2.48. The molecule has 0 saturated carbocycles. The molecule has 0 radical (unpaired) electrons. The van der Waals surface area contributed by atoms with E-state index in [4.69, 9.17) is 0 Å². The van der Waals surface area contributed by atoms with Crippen LogP contribution in [0.2, 0.25) is 0 Å². The average molecular weight is 290 g/mol. The summed E-state index contributed by atoms with van der Waals surface area (Å²) in [6.45, 7) is 4.88. The van der Waals surface area contributed by atoms with Crippen molar-refractivity contribution in [3.05, 3.63) is 65.0 Å². The van der Waals surface area contributed by atoms with Gasteiger partial charge in [-0.25, -0.2) is 8.78 Å². The van der Waals surface area contributed by atoms with Crippen LogP contribution in [0, 0.1) is 18.6 Å². The van der Waals surface area contributed by atoms with Gasteiger partial charge in [0.15, 0.2) is 0 Å². The van der Waals surface area contributed by atoms with Crippen molar-refractivity contribution in [1.82, 2.24) is 10.3 Å². The maximum atomic E-state index is 13.9. The summed E-state index contributed by atoms with van der Waals surface area (Å²) in [5.74, 6) is -0.779. The summed E-state index contributed by atoms with van der Waals surface area (Å²) in [5.41, 5.74) is 2.50. The van der Waals surface area contributed by atoms with E-state index in [9.17, 15) is 8.78 Å². The fourth-order valence-electron chi connectivity index (χ4n) is 2.41. The van der Waals surface area contributed by atoms with E-state index in [0.717, 1.165) is 30.2 Å². The molecule has 0 saturated heterocycles. The largest absolute Gasteiger partial charge is 0.310 e. The van der Waals surface area contributed by atoms with Gasteiger partial charge in [-0.3, -0.25) is 4.98 Å². The first-order valence-electron chi connectivity index (χ1n) is 7.19. The van der Waals surface area contributed by atoms with Gasteiger partial charge >= 0.3 is 0 Å². The minimum Gasteiger partial charge on any atom is -0.310 e. The zero-order valence-electron chi connectivity index (χ0n) is 12.4. The van der Waals surface area contributed by atoms with Crippen molar-refractivity contribution >= 4 is 0 Å². The molecule has 1 aromatic heterocycles. The molecule has 0 aliphatic carbocycles. The second kappa shape index (κ2) is 7.27. The molecule has 0 aliphatic rings. The molecule has 21 heavy (non-hydrogen) atoms. The predicted molar refractivity (Wildman–Crippen MR) is 80.1 cm³/mol. The number of hydrogen-bond donors (Lipinski definition) is 1. The molecule has 0 aliphatic heterocycles. The summed E-state index contributed by atoms with van der Waals surface area (Å²) >= 11 is 0. The molecule has 0 spiro atoms. The molecule has 4 heteroatoms. The van der Waals surface area contributed by atoms with Gasteiger partial charge < -0.3 is 5.32 Å². The zero-order chi connectivity index (χ0) is 15.2. The first-order valence-corrected chi connectivity index (χ1v) is 7.19. The lowest BCUT2D eigenvalue weighted by Crippen LogP contribution is -2.25. The molecule has 1 N–H and O–H groups in total. The van der Waals surface area contributed by atoms with Crippen molar-refractivity contribution in [2.75, 3.05) is 6.54 Å². The monoisotopic (exact) mass is 290 g/mol. The lowest BCUT2D eigenvalue weighted by molar-refractivity contribution is 0.506. The summed E-state index contributed by atoms with van der Waals surface area (Å²) in [7, 11) is 0. The number of aryl methyl sites for hydroxylation is 1. The highest BCUT2D eigenvalue weighted by Gasteiger charge is 2.16. The Bertz CT molecular complexity index is 599. The molecule has 1 unspecified atom stereocenters. The molecule has 2 rings (SSSR count). The fraction of sp³-hybridized carbons (Fsp3) is 0.353. The fourth-order valence-corrected chi connectivity index (χ4v) is 2.41. The zero-order valence-corrected chi connectivity index (χ0v) is 12.4. The lowest BCUT2D eigenvalue weighted by Gasteiger charge is -2.21. The Morgan fingerprint density at radius 3 is 2.76 bits per heavy atom. The van der Waals surface area contributed by atoms with E-state index >= 15 is 0 Å². The molecule has 0 bridgehead atoms. The van der Waals surface area contributed by atoms with Crippen LogP contribution in [0.3, 0.4) is 0 Å². The highest BCUT2D eigenvalue weighted by Crippen LogP contribution is 2.23. The van der Waals surface area contributed by atoms with Crippen LogP contribution in [0.1, 0.15) is 36.1 Å². The Labute approximate surface area is 124 Å². The van der Waals surface area contributed by atoms with Gasteiger partial charge in [-0.2, -0.15) is 0 Å². The minimum absolute atomic E-state index is 0.0516. The third-order valence-corrected chi connectivity index (χ3v) is 3.51. The second-order valence-corrected chi connectivity index (χ2v) is 5.18. The van der Waals surface area contributed by atoms with Gasteiger partial charge in [0, 0.05) is 18.4 Å². The van der Waals surface area contributed by atoms with Crippen LogP contribution in [-0.4, -0.2) is 11.5 Å². The smallest absolute Gasteiger partial charge is 0.126 e. The molecule has 2 aromatic rings. The van der Waals surface area contributed by atoms with Crippen LogP contribution in [0.15, 0.2) is 36.7 Å². The van der Waals surface area contributed by atoms with Crippen LogP contribution >= 0.6 is 0 Å². The molecule has 0 amide bonds. The minimum atomic E-state index is -0.410. The molecule has 1 aromatic carbocycles. The van der Waals surface area contributed by atoms with Crippen molar-refractivity contribution < 1.29 is 8.78 Å². The summed E-state index contributed by atoms with van der Waals surface area (Å²) < 4.78 is 27.2. The Morgan fingerprint density at radius 2 is 2.05 bits per heavy atom. The number of benzene rings is 1. The van der Waals surface area contributed by atoms with Crippen LogP contribution in [0.5, 0.6) is 0 Å². The second-order valence-electron chi connectivity index (χ2n) is 5.18. The van der Waals surface area contributed by atoms with Crippen molar-refractivity contribution in [3.63, 3.8) is 0 Å². The van der Waals surface area contributed by atoms with E-state index in [-0.39, 0.29) is 11.9 Å². The Balaban J connectivity index is 2.28. The highest BCUT2D eigenvalue weighted by molar-refractivity contribution is 5.29. The first-order chi connectivity index (χ1) is 10.1. The van der Waals surface area contributed by atoms with Gasteiger partial charge in [0.2, 0.25) is 0 Å². The van der Waals surface area contributed by atoms with Crippen molar-refractivity contribution in [2.45, 2.75) is 32.7 Å². The van der Waals surface area contributed by atoms with E-state index in [1.165, 1.54) is 12.1 Å². The van der Waals surface area contributed by atoms with Crippen LogP contribution < -0.4 is 5.32 Å². The number of hydrogen-bond acceptors (Lipinski definition) is 2. The van der Waals surface area contributed by atoms with E-state index in [2.05, 4.69) is 17.2 Å². The maximum Gasteiger partial charge on any atom is 0.126 e. The molecule has 1 heterocycles. The molecule has 0 fully saturated rings. The van der Waals surface area contributed by atoms with E-state index in [0.29, 0.717) is 12.0 Å². The summed E-state index contributed by atoms with van der Waals surface area (Å²) in [5, 5.41) is 3.40. The van der Waals surface area contributed by atoms with Crippen LogP contribution in [0.25, 0.3) is 0 Å². The van der Waals surface area contributed by atoms with Crippen molar-refractivity contribution in [3.8, 4) is 0 Å². The normalized spacial score (nSPS) is 12.4. The molecule has 1 atom stereocenters. The molecule has 112 valence electrons.